The highest BCUT2D eigenvalue weighted by Gasteiger charge is 2.06. The highest BCUT2D eigenvalue weighted by atomic mass is 16.5. The summed E-state index contributed by atoms with van der Waals surface area (Å²) in [5, 5.41) is 9.44. The maximum Gasteiger partial charge on any atom is 0.101 e. The van der Waals surface area contributed by atoms with Gasteiger partial charge in [-0.15, -0.1) is 0 Å². The number of ether oxygens (including phenoxy) is 2. The Bertz CT molecular complexity index is 117. The second-order valence-electron chi connectivity index (χ2n) is 3.63. The molecular formula is C11H24O3. The molecule has 3 nitrogen and oxygen atoms in total. The van der Waals surface area contributed by atoms with E-state index in [9.17, 15) is 5.11 Å². The van der Waals surface area contributed by atoms with E-state index in [2.05, 4.69) is 13.8 Å². The Hall–Kier alpha value is -0.120. The summed E-state index contributed by atoms with van der Waals surface area (Å²) in [5.41, 5.74) is 0. The Kier molecular flexibility index (Phi) is 9.35. The van der Waals surface area contributed by atoms with Gasteiger partial charge in [0.1, 0.15) is 6.10 Å². The van der Waals surface area contributed by atoms with E-state index in [-0.39, 0.29) is 6.10 Å². The molecule has 0 bridgehead atoms. The molecule has 0 rings (SSSR count). The van der Waals surface area contributed by atoms with Crippen molar-refractivity contribution in [3.63, 3.8) is 0 Å². The van der Waals surface area contributed by atoms with Gasteiger partial charge in [-0.05, 0) is 19.8 Å². The fourth-order valence-corrected chi connectivity index (χ4v) is 0.907. The van der Waals surface area contributed by atoms with Gasteiger partial charge in [0.05, 0.1) is 19.3 Å². The van der Waals surface area contributed by atoms with Crippen molar-refractivity contribution in [1.82, 2.24) is 0 Å². The van der Waals surface area contributed by atoms with Gasteiger partial charge >= 0.3 is 0 Å². The second kappa shape index (κ2) is 9.44. The SMILES string of the molecule is CCCCOCC(O)COC(C)CC. The average molecular weight is 204 g/mol. The highest BCUT2D eigenvalue weighted by molar-refractivity contribution is 4.54. The molecule has 0 spiro atoms. The second-order valence-corrected chi connectivity index (χ2v) is 3.63. The number of aliphatic hydroxyl groups excluding tert-OH is 1. The molecule has 0 aromatic heterocycles. The standard InChI is InChI=1S/C11H24O3/c1-4-6-7-13-8-11(12)9-14-10(3)5-2/h10-12H,4-9H2,1-3H3. The van der Waals surface area contributed by atoms with Crippen LogP contribution < -0.4 is 0 Å². The lowest BCUT2D eigenvalue weighted by molar-refractivity contribution is -0.0406. The zero-order valence-electron chi connectivity index (χ0n) is 9.66. The summed E-state index contributed by atoms with van der Waals surface area (Å²) in [7, 11) is 0. The van der Waals surface area contributed by atoms with Crippen molar-refractivity contribution >= 4 is 0 Å². The number of aliphatic hydroxyl groups is 1. The third kappa shape index (κ3) is 8.48. The smallest absolute Gasteiger partial charge is 0.101 e. The highest BCUT2D eigenvalue weighted by Crippen LogP contribution is 1.98. The van der Waals surface area contributed by atoms with E-state index in [1.165, 1.54) is 0 Å². The fourth-order valence-electron chi connectivity index (χ4n) is 0.907. The van der Waals surface area contributed by atoms with E-state index in [0.717, 1.165) is 25.9 Å². The van der Waals surface area contributed by atoms with Crippen LogP contribution in [0.5, 0.6) is 0 Å². The Morgan fingerprint density at radius 2 is 1.93 bits per heavy atom. The summed E-state index contributed by atoms with van der Waals surface area (Å²) in [5.74, 6) is 0. The molecule has 2 atom stereocenters. The van der Waals surface area contributed by atoms with Crippen LogP contribution in [0.25, 0.3) is 0 Å². The van der Waals surface area contributed by atoms with Crippen LogP contribution in [0.15, 0.2) is 0 Å². The van der Waals surface area contributed by atoms with Gasteiger partial charge in [0.25, 0.3) is 0 Å². The lowest BCUT2D eigenvalue weighted by Gasteiger charge is -2.15. The number of hydrogen-bond acceptors (Lipinski definition) is 3. The van der Waals surface area contributed by atoms with Crippen LogP contribution in [0.2, 0.25) is 0 Å². The van der Waals surface area contributed by atoms with Crippen molar-refractivity contribution in [1.29, 1.82) is 0 Å². The molecule has 0 aromatic carbocycles. The van der Waals surface area contributed by atoms with E-state index in [4.69, 9.17) is 9.47 Å². The Morgan fingerprint density at radius 1 is 1.21 bits per heavy atom. The summed E-state index contributed by atoms with van der Waals surface area (Å²) in [6.45, 7) is 7.68. The monoisotopic (exact) mass is 204 g/mol. The van der Waals surface area contributed by atoms with Gasteiger partial charge in [0.15, 0.2) is 0 Å². The molecule has 0 fully saturated rings. The van der Waals surface area contributed by atoms with Crippen LogP contribution in [0.3, 0.4) is 0 Å². The van der Waals surface area contributed by atoms with E-state index < -0.39 is 6.10 Å². The first-order valence-corrected chi connectivity index (χ1v) is 5.58. The van der Waals surface area contributed by atoms with Gasteiger partial charge in [-0.2, -0.15) is 0 Å². The van der Waals surface area contributed by atoms with Crippen molar-refractivity contribution in [3.05, 3.63) is 0 Å². The van der Waals surface area contributed by atoms with Crippen LogP contribution in [-0.4, -0.2) is 37.1 Å². The number of rotatable bonds is 9. The maximum absolute atomic E-state index is 9.44. The number of hydrogen-bond donors (Lipinski definition) is 1. The van der Waals surface area contributed by atoms with E-state index in [1.54, 1.807) is 0 Å². The summed E-state index contributed by atoms with van der Waals surface area (Å²) in [6.07, 6.45) is 2.89. The normalized spacial score (nSPS) is 15.4. The van der Waals surface area contributed by atoms with Crippen LogP contribution in [0.4, 0.5) is 0 Å². The first-order chi connectivity index (χ1) is 6.70. The Balaban J connectivity index is 3.23. The lowest BCUT2D eigenvalue weighted by Crippen LogP contribution is -2.24. The van der Waals surface area contributed by atoms with Gasteiger partial charge in [-0.25, -0.2) is 0 Å². The molecular weight excluding hydrogens is 180 g/mol. The maximum atomic E-state index is 9.44. The van der Waals surface area contributed by atoms with Crippen molar-refractivity contribution in [3.8, 4) is 0 Å². The lowest BCUT2D eigenvalue weighted by atomic mass is 10.3. The zero-order chi connectivity index (χ0) is 10.8. The molecule has 0 heterocycles. The topological polar surface area (TPSA) is 38.7 Å². The summed E-state index contributed by atoms with van der Waals surface area (Å²) < 4.78 is 10.7. The Morgan fingerprint density at radius 3 is 2.50 bits per heavy atom. The van der Waals surface area contributed by atoms with Gasteiger partial charge in [-0.3, -0.25) is 0 Å². The van der Waals surface area contributed by atoms with Gasteiger partial charge in [0.2, 0.25) is 0 Å². The minimum absolute atomic E-state index is 0.222. The minimum Gasteiger partial charge on any atom is -0.388 e. The van der Waals surface area contributed by atoms with Crippen molar-refractivity contribution in [2.75, 3.05) is 19.8 Å². The third-order valence-corrected chi connectivity index (χ3v) is 2.10. The molecule has 3 heteroatoms. The van der Waals surface area contributed by atoms with Crippen molar-refractivity contribution in [2.45, 2.75) is 52.2 Å². The zero-order valence-corrected chi connectivity index (χ0v) is 9.66. The van der Waals surface area contributed by atoms with Crippen LogP contribution in [0.1, 0.15) is 40.0 Å². The quantitative estimate of drug-likeness (QED) is 0.584. The molecule has 2 unspecified atom stereocenters. The van der Waals surface area contributed by atoms with E-state index in [0.29, 0.717) is 13.2 Å². The molecule has 0 radical (unpaired) electrons. The van der Waals surface area contributed by atoms with Crippen molar-refractivity contribution < 1.29 is 14.6 Å². The molecule has 0 saturated heterocycles. The molecule has 0 amide bonds. The molecule has 14 heavy (non-hydrogen) atoms. The van der Waals surface area contributed by atoms with Crippen LogP contribution >= 0.6 is 0 Å². The fraction of sp³-hybridized carbons (Fsp3) is 1.00. The van der Waals surface area contributed by atoms with E-state index in [1.807, 2.05) is 6.92 Å². The largest absolute Gasteiger partial charge is 0.388 e. The first-order valence-electron chi connectivity index (χ1n) is 5.58. The summed E-state index contributed by atoms with van der Waals surface area (Å²) >= 11 is 0. The molecule has 0 aliphatic rings. The molecule has 0 aliphatic heterocycles. The third-order valence-electron chi connectivity index (χ3n) is 2.10. The van der Waals surface area contributed by atoms with Crippen molar-refractivity contribution in [2.24, 2.45) is 0 Å². The summed E-state index contributed by atoms with van der Waals surface area (Å²) in [4.78, 5) is 0. The Labute approximate surface area is 87.4 Å². The average Bonchev–Trinajstić information content (AvgIpc) is 2.21. The van der Waals surface area contributed by atoms with E-state index >= 15 is 0 Å². The molecule has 0 aromatic rings. The molecule has 0 aliphatic carbocycles. The minimum atomic E-state index is -0.485. The molecule has 0 saturated carbocycles. The van der Waals surface area contributed by atoms with Crippen LogP contribution in [0, 0.1) is 0 Å². The number of unbranched alkanes of at least 4 members (excludes halogenated alkanes) is 1. The first kappa shape index (κ1) is 13.9. The van der Waals surface area contributed by atoms with Gasteiger partial charge < -0.3 is 14.6 Å². The summed E-state index contributed by atoms with van der Waals surface area (Å²) in [6, 6.07) is 0. The molecule has 1 N–H and O–H groups in total. The predicted octanol–water partition coefficient (Wildman–Crippen LogP) is 1.98. The predicted molar refractivity (Wildman–Crippen MR) is 57.4 cm³/mol. The molecule has 86 valence electrons. The van der Waals surface area contributed by atoms with Gasteiger partial charge in [0, 0.05) is 6.61 Å². The van der Waals surface area contributed by atoms with Crippen LogP contribution in [-0.2, 0) is 9.47 Å². The van der Waals surface area contributed by atoms with Gasteiger partial charge in [-0.1, -0.05) is 20.3 Å².